The largest absolute Gasteiger partial charge is 0.330 e. The fourth-order valence-electron chi connectivity index (χ4n) is 2.36. The van der Waals surface area contributed by atoms with Crippen LogP contribution in [-0.2, 0) is 0 Å². The molecule has 0 heterocycles. The zero-order valence-electron chi connectivity index (χ0n) is 8.60. The van der Waals surface area contributed by atoms with Gasteiger partial charge in [0.2, 0.25) is 0 Å². The second-order valence-electron chi connectivity index (χ2n) is 4.44. The van der Waals surface area contributed by atoms with Gasteiger partial charge in [0.1, 0.15) is 0 Å². The summed E-state index contributed by atoms with van der Waals surface area (Å²) in [6.07, 6.45) is 8.24. The number of hydrogen-bond donors (Lipinski definition) is 1. The van der Waals surface area contributed by atoms with Gasteiger partial charge in [-0.15, -0.1) is 0 Å². The molecule has 0 bridgehead atoms. The molecule has 1 rings (SSSR count). The first kappa shape index (κ1) is 10.0. The third-order valence-corrected chi connectivity index (χ3v) is 3.72. The molecule has 1 heteroatoms. The Morgan fingerprint density at radius 1 is 1.25 bits per heavy atom. The maximum absolute atomic E-state index is 5.83. The van der Waals surface area contributed by atoms with E-state index in [0.29, 0.717) is 5.41 Å². The first-order valence-electron chi connectivity index (χ1n) is 5.46. The van der Waals surface area contributed by atoms with E-state index in [4.69, 9.17) is 5.73 Å². The summed E-state index contributed by atoms with van der Waals surface area (Å²) in [6, 6.07) is 0. The highest BCUT2D eigenvalue weighted by Crippen LogP contribution is 2.45. The summed E-state index contributed by atoms with van der Waals surface area (Å²) in [7, 11) is 0. The van der Waals surface area contributed by atoms with E-state index >= 15 is 0 Å². The third-order valence-electron chi connectivity index (χ3n) is 3.72. The number of nitrogens with two attached hydrogens (primary N) is 1. The molecule has 0 amide bonds. The Kier molecular flexibility index (Phi) is 3.57. The van der Waals surface area contributed by atoms with Crippen molar-refractivity contribution in [3.8, 4) is 0 Å². The van der Waals surface area contributed by atoms with Crippen molar-refractivity contribution in [1.82, 2.24) is 0 Å². The van der Waals surface area contributed by atoms with Gasteiger partial charge in [-0.25, -0.2) is 0 Å². The van der Waals surface area contributed by atoms with Crippen LogP contribution in [0.2, 0.25) is 0 Å². The van der Waals surface area contributed by atoms with Crippen molar-refractivity contribution in [3.63, 3.8) is 0 Å². The molecule has 0 atom stereocenters. The fourth-order valence-corrected chi connectivity index (χ4v) is 2.36. The van der Waals surface area contributed by atoms with Gasteiger partial charge in [-0.1, -0.05) is 33.1 Å². The van der Waals surface area contributed by atoms with Crippen LogP contribution in [-0.4, -0.2) is 6.54 Å². The second kappa shape index (κ2) is 4.27. The van der Waals surface area contributed by atoms with Crippen LogP contribution in [0.5, 0.6) is 0 Å². The van der Waals surface area contributed by atoms with Crippen LogP contribution in [0.1, 0.15) is 52.4 Å². The molecular weight excluding hydrogens is 146 g/mol. The van der Waals surface area contributed by atoms with Crippen LogP contribution in [0.3, 0.4) is 0 Å². The van der Waals surface area contributed by atoms with Crippen LogP contribution in [0.4, 0.5) is 0 Å². The predicted molar refractivity (Wildman–Crippen MR) is 54.0 cm³/mol. The molecule has 0 aliphatic heterocycles. The van der Waals surface area contributed by atoms with E-state index in [0.717, 1.165) is 12.5 Å². The number of hydrogen-bond acceptors (Lipinski definition) is 1. The molecule has 72 valence electrons. The van der Waals surface area contributed by atoms with E-state index in [1.165, 1.54) is 38.5 Å². The topological polar surface area (TPSA) is 26.0 Å². The highest BCUT2D eigenvalue weighted by atomic mass is 14.6. The molecule has 2 N–H and O–H groups in total. The van der Waals surface area contributed by atoms with E-state index in [1.807, 2.05) is 0 Å². The summed E-state index contributed by atoms with van der Waals surface area (Å²) < 4.78 is 0. The molecule has 0 spiro atoms. The van der Waals surface area contributed by atoms with Gasteiger partial charge >= 0.3 is 0 Å². The molecule has 0 unspecified atom stereocenters. The molecule has 0 aromatic rings. The van der Waals surface area contributed by atoms with Gasteiger partial charge in [-0.05, 0) is 37.1 Å². The average molecular weight is 169 g/mol. The van der Waals surface area contributed by atoms with Crippen molar-refractivity contribution in [3.05, 3.63) is 0 Å². The predicted octanol–water partition coefficient (Wildman–Crippen LogP) is 2.94. The summed E-state index contributed by atoms with van der Waals surface area (Å²) in [5, 5.41) is 0. The van der Waals surface area contributed by atoms with Crippen molar-refractivity contribution in [2.75, 3.05) is 6.54 Å². The normalized spacial score (nSPS) is 21.0. The first-order chi connectivity index (χ1) is 5.76. The van der Waals surface area contributed by atoms with Crippen molar-refractivity contribution in [2.45, 2.75) is 52.4 Å². The van der Waals surface area contributed by atoms with E-state index in [9.17, 15) is 0 Å². The molecule has 12 heavy (non-hydrogen) atoms. The molecule has 0 radical (unpaired) electrons. The SMILES string of the molecule is CCC(CC)CC1(CN)CCC1. The maximum atomic E-state index is 5.83. The molecule has 1 aliphatic carbocycles. The van der Waals surface area contributed by atoms with Crippen LogP contribution in [0.15, 0.2) is 0 Å². The quantitative estimate of drug-likeness (QED) is 0.673. The van der Waals surface area contributed by atoms with Gasteiger partial charge in [-0.3, -0.25) is 0 Å². The molecule has 1 fully saturated rings. The van der Waals surface area contributed by atoms with Crippen molar-refractivity contribution < 1.29 is 0 Å². The zero-order valence-corrected chi connectivity index (χ0v) is 8.60. The lowest BCUT2D eigenvalue weighted by atomic mass is 9.64. The summed E-state index contributed by atoms with van der Waals surface area (Å²) in [5.41, 5.74) is 6.39. The summed E-state index contributed by atoms with van der Waals surface area (Å²) in [4.78, 5) is 0. The minimum Gasteiger partial charge on any atom is -0.330 e. The molecule has 0 aromatic carbocycles. The van der Waals surface area contributed by atoms with Crippen molar-refractivity contribution >= 4 is 0 Å². The standard InChI is InChI=1S/C11H23N/c1-3-10(4-2)8-11(9-12)6-5-7-11/h10H,3-9,12H2,1-2H3. The summed E-state index contributed by atoms with van der Waals surface area (Å²) in [5.74, 6) is 0.925. The Balaban J connectivity index is 2.35. The van der Waals surface area contributed by atoms with Crippen molar-refractivity contribution in [1.29, 1.82) is 0 Å². The van der Waals surface area contributed by atoms with Crippen LogP contribution in [0.25, 0.3) is 0 Å². The maximum Gasteiger partial charge on any atom is -0.00204 e. The molecule has 0 saturated heterocycles. The fraction of sp³-hybridized carbons (Fsp3) is 1.00. The lowest BCUT2D eigenvalue weighted by Crippen LogP contribution is -2.38. The second-order valence-corrected chi connectivity index (χ2v) is 4.44. The van der Waals surface area contributed by atoms with E-state index < -0.39 is 0 Å². The summed E-state index contributed by atoms with van der Waals surface area (Å²) in [6.45, 7) is 5.53. The zero-order chi connectivity index (χ0) is 9.03. The Morgan fingerprint density at radius 2 is 1.83 bits per heavy atom. The molecule has 1 saturated carbocycles. The smallest absolute Gasteiger partial charge is 0.00204 e. The number of rotatable bonds is 5. The Bertz CT molecular complexity index is 117. The molecule has 0 aromatic heterocycles. The van der Waals surface area contributed by atoms with Gasteiger partial charge < -0.3 is 5.73 Å². The highest BCUT2D eigenvalue weighted by Gasteiger charge is 2.36. The Morgan fingerprint density at radius 3 is 2.08 bits per heavy atom. The van der Waals surface area contributed by atoms with E-state index in [2.05, 4.69) is 13.8 Å². The highest BCUT2D eigenvalue weighted by molar-refractivity contribution is 4.89. The Hall–Kier alpha value is -0.0400. The van der Waals surface area contributed by atoms with Gasteiger partial charge in [0, 0.05) is 0 Å². The van der Waals surface area contributed by atoms with Crippen molar-refractivity contribution in [2.24, 2.45) is 17.1 Å². The molecular formula is C11H23N. The minimum atomic E-state index is 0.566. The van der Waals surface area contributed by atoms with Gasteiger partial charge in [0.25, 0.3) is 0 Å². The minimum absolute atomic E-state index is 0.566. The third kappa shape index (κ3) is 2.01. The lowest BCUT2D eigenvalue weighted by Gasteiger charge is -2.43. The summed E-state index contributed by atoms with van der Waals surface area (Å²) >= 11 is 0. The van der Waals surface area contributed by atoms with Gasteiger partial charge in [-0.2, -0.15) is 0 Å². The van der Waals surface area contributed by atoms with E-state index in [-0.39, 0.29) is 0 Å². The van der Waals surface area contributed by atoms with Gasteiger partial charge in [0.05, 0.1) is 0 Å². The van der Waals surface area contributed by atoms with Crippen LogP contribution in [0, 0.1) is 11.3 Å². The molecule has 1 aliphatic rings. The molecule has 1 nitrogen and oxygen atoms in total. The average Bonchev–Trinajstić information content (AvgIpc) is 2.05. The van der Waals surface area contributed by atoms with Gasteiger partial charge in [0.15, 0.2) is 0 Å². The van der Waals surface area contributed by atoms with E-state index in [1.54, 1.807) is 0 Å². The lowest BCUT2D eigenvalue weighted by molar-refractivity contribution is 0.100. The first-order valence-corrected chi connectivity index (χ1v) is 5.46. The Labute approximate surface area is 76.7 Å². The monoisotopic (exact) mass is 169 g/mol. The van der Waals surface area contributed by atoms with Crippen LogP contribution < -0.4 is 5.73 Å². The van der Waals surface area contributed by atoms with Crippen LogP contribution >= 0.6 is 0 Å².